The summed E-state index contributed by atoms with van der Waals surface area (Å²) in [6.07, 6.45) is 5.43. The molecule has 12 rings (SSSR count). The van der Waals surface area contributed by atoms with Gasteiger partial charge in [-0.25, -0.2) is 4.98 Å². The van der Waals surface area contributed by atoms with Gasteiger partial charge in [0.1, 0.15) is 5.82 Å². The van der Waals surface area contributed by atoms with Gasteiger partial charge in [-0.1, -0.05) is 231 Å². The molecular formula is C72H64N4OPtSi-2. The molecule has 0 atom stereocenters. The summed E-state index contributed by atoms with van der Waals surface area (Å²) in [7, 11) is -6.15. The van der Waals surface area contributed by atoms with Crippen molar-refractivity contribution in [2.24, 2.45) is 0 Å². The number of pyridine rings is 1. The Labute approximate surface area is 507 Å². The number of nitrogens with zero attached hydrogens (tertiary/aromatic N) is 4. The Morgan fingerprint density at radius 2 is 1.14 bits per heavy atom. The van der Waals surface area contributed by atoms with Gasteiger partial charge in [0.05, 0.1) is 42.8 Å². The quantitative estimate of drug-likeness (QED) is 0.0592. The maximum atomic E-state index is 10.6. The van der Waals surface area contributed by atoms with Crippen molar-refractivity contribution in [2.45, 2.75) is 78.6 Å². The number of fused-ring (bicyclic) bond motifs is 4. The van der Waals surface area contributed by atoms with Crippen LogP contribution in [0, 0.1) is 18.5 Å². The minimum atomic E-state index is -6.15. The van der Waals surface area contributed by atoms with Crippen LogP contribution in [-0.4, -0.2) is 22.2 Å². The molecule has 0 aliphatic rings. The van der Waals surface area contributed by atoms with E-state index in [1.165, 1.54) is 0 Å². The zero-order chi connectivity index (χ0) is 70.5. The Morgan fingerprint density at radius 3 is 1.77 bits per heavy atom. The Morgan fingerprint density at radius 1 is 0.532 bits per heavy atom. The summed E-state index contributed by atoms with van der Waals surface area (Å²) in [6.45, 7) is 19.0. The first kappa shape index (κ1) is 34.9. The van der Waals surface area contributed by atoms with E-state index >= 15 is 0 Å². The fraction of sp³-hybridized carbons (Fsp3) is 0.167. The van der Waals surface area contributed by atoms with E-state index in [4.69, 9.17) is 22.1 Å². The molecule has 9 aromatic carbocycles. The van der Waals surface area contributed by atoms with Crippen LogP contribution in [0.4, 0.5) is 0 Å². The van der Waals surface area contributed by atoms with Crippen molar-refractivity contribution < 1.29 is 56.4 Å². The van der Waals surface area contributed by atoms with Crippen molar-refractivity contribution in [1.29, 1.82) is 0 Å². The van der Waals surface area contributed by atoms with Crippen molar-refractivity contribution in [3.63, 3.8) is 0 Å². The van der Waals surface area contributed by atoms with Crippen molar-refractivity contribution in [3.8, 4) is 39.8 Å². The number of aromatic nitrogens is 4. The monoisotopic (exact) mass is 1240 g/mol. The van der Waals surface area contributed by atoms with E-state index in [0.29, 0.717) is 33.8 Å². The number of para-hydroxylation sites is 2. The normalized spacial score (nSPS) is 15.6. The van der Waals surface area contributed by atoms with Gasteiger partial charge in [0.15, 0.2) is 8.07 Å². The molecule has 0 radical (unpaired) electrons. The van der Waals surface area contributed by atoms with Crippen LogP contribution in [0.5, 0.6) is 11.5 Å². The van der Waals surface area contributed by atoms with Gasteiger partial charge in [-0.05, 0) is 100 Å². The Bertz CT molecular complexity index is 5070. The molecule has 0 saturated carbocycles. The molecule has 3 aromatic heterocycles. The molecule has 0 spiro atoms. The molecule has 79 heavy (non-hydrogen) atoms. The summed E-state index contributed by atoms with van der Waals surface area (Å²) in [4.78, 5) is 4.84. The first-order valence-electron chi connectivity index (χ1n) is 35.1. The molecule has 394 valence electrons. The van der Waals surface area contributed by atoms with Gasteiger partial charge in [-0.3, -0.25) is 4.57 Å². The van der Waals surface area contributed by atoms with Crippen molar-refractivity contribution in [2.75, 3.05) is 0 Å². The number of hydrogen-bond donors (Lipinski definition) is 0. The largest absolute Gasteiger partial charge is 0.510 e. The molecule has 0 fully saturated rings. The third kappa shape index (κ3) is 9.70. The van der Waals surface area contributed by atoms with E-state index in [1.54, 1.807) is 47.2 Å². The summed E-state index contributed by atoms with van der Waals surface area (Å²) in [6, 6.07) is 19.7. The Hall–Kier alpha value is -7.89. The SMILES string of the molecule is [2H]c1c([2H])c([2H])c([Si](c2c([2H])c([2H])c([2H])c([2H])c2[2H])(c2c([2H])c([2H])c([2H])c([2H])c2[2H])c2c([2H])c([2H])c([2H])c(-c3ccc4c(c3)n(-c3[c-]c(Oc5[c-]c6c(cc5)c5ccccc5n6-c5cc(C(C)(C)C)ccn5)ccc3)[c-][n+]4-c3c(C(C)(C)C)cccc3C(C)(C)C)c2[2H])c([2H])c1[2H].[Pt]. The molecule has 0 saturated heterocycles. The predicted molar refractivity (Wildman–Crippen MR) is 325 cm³/mol. The second-order valence-electron chi connectivity index (χ2n) is 22.3. The average molecular weight is 1240 g/mol. The molecule has 0 amide bonds. The molecule has 0 aliphatic carbocycles. The molecule has 0 bridgehead atoms. The van der Waals surface area contributed by atoms with Gasteiger partial charge in [-0.15, -0.1) is 29.7 Å². The van der Waals surface area contributed by atoms with E-state index in [0.717, 1.165) is 38.7 Å². The predicted octanol–water partition coefficient (Wildman–Crippen LogP) is 14.5. The standard InChI is InChI=1S/C72H64N4OSi.Pt/c1-70(2,3)52-42-43-73-68(46-52)76-64-37-20-19-34-60(64)61-40-39-55(48-66(61)76)77-54-26-22-25-53(47-54)74-49-75(69-62(71(4,5)6)35-23-36-63(69)72(7,8)9)65-41-38-51(45-67(65)74)50-24-21-33-59(44-50)78(56-27-13-10-14-28-56,57-29-15-11-16-30-57)58-31-17-12-18-32-58;/h10-46H,1-9H3;/q-2;/i10D,11D,12D,13D,14D,15D,16D,17D,18D,21D,24D,27D,28D,29D,30D,31D,32D,33D,44D;. The van der Waals surface area contributed by atoms with E-state index in [2.05, 4.69) is 91.4 Å². The van der Waals surface area contributed by atoms with Crippen molar-refractivity contribution >= 4 is 61.7 Å². The minimum Gasteiger partial charge on any atom is -0.510 e. The van der Waals surface area contributed by atoms with Crippen molar-refractivity contribution in [1.82, 2.24) is 14.1 Å². The van der Waals surface area contributed by atoms with Gasteiger partial charge >= 0.3 is 0 Å². The second kappa shape index (κ2) is 20.7. The Balaban J connectivity index is 0.00000972. The zero-order valence-corrected chi connectivity index (χ0v) is 48.2. The second-order valence-corrected chi connectivity index (χ2v) is 25.8. The molecule has 3 heterocycles. The molecular weight excluding hydrogens is 1160 g/mol. The fourth-order valence-corrected chi connectivity index (χ4v) is 13.8. The minimum absolute atomic E-state index is 0. The van der Waals surface area contributed by atoms with Gasteiger partial charge in [0.2, 0.25) is 0 Å². The van der Waals surface area contributed by atoms with E-state index in [-0.39, 0.29) is 37.8 Å². The maximum absolute atomic E-state index is 10.6. The summed E-state index contributed by atoms with van der Waals surface area (Å²) < 4.78 is 191. The Kier molecular flexibility index (Phi) is 9.15. The van der Waals surface area contributed by atoms with Crippen LogP contribution in [0.25, 0.3) is 61.2 Å². The van der Waals surface area contributed by atoms with E-state index in [9.17, 15) is 13.7 Å². The van der Waals surface area contributed by atoms with Crippen LogP contribution in [0.15, 0.2) is 224 Å². The number of ether oxygens (including phenoxy) is 1. The topological polar surface area (TPSA) is 35.9 Å². The van der Waals surface area contributed by atoms with Gasteiger partial charge in [-0.2, -0.15) is 18.2 Å². The fourth-order valence-electron chi connectivity index (χ4n) is 10.3. The van der Waals surface area contributed by atoms with Gasteiger partial charge in [0, 0.05) is 44.3 Å². The summed E-state index contributed by atoms with van der Waals surface area (Å²) >= 11 is 0. The first-order valence-corrected chi connectivity index (χ1v) is 27.6. The first-order chi connectivity index (χ1) is 45.5. The number of benzene rings is 9. The van der Waals surface area contributed by atoms with Gasteiger partial charge < -0.3 is 13.9 Å². The van der Waals surface area contributed by atoms with Crippen molar-refractivity contribution in [3.05, 3.63) is 259 Å². The van der Waals surface area contributed by atoms with Crippen LogP contribution in [0.3, 0.4) is 0 Å². The van der Waals surface area contributed by atoms with E-state index < -0.39 is 160 Å². The van der Waals surface area contributed by atoms with Crippen LogP contribution in [0.1, 0.15) is 105 Å². The van der Waals surface area contributed by atoms with Crippen LogP contribution in [0.2, 0.25) is 0 Å². The summed E-state index contributed by atoms with van der Waals surface area (Å²) in [5.41, 5.74) is 5.10. The average Bonchev–Trinajstić information content (AvgIpc) is 0.912. The molecule has 12 aromatic rings. The maximum Gasteiger partial charge on any atom is 0.268 e. The summed E-state index contributed by atoms with van der Waals surface area (Å²) in [5.74, 6) is 1.31. The molecule has 5 nitrogen and oxygen atoms in total. The molecule has 7 heteroatoms. The number of imidazole rings is 1. The molecule has 0 unspecified atom stereocenters. The molecule has 0 N–H and O–H groups in total. The van der Waals surface area contributed by atoms with Crippen LogP contribution in [-0.2, 0) is 37.3 Å². The smallest absolute Gasteiger partial charge is 0.268 e. The zero-order valence-electron chi connectivity index (χ0n) is 63.9. The van der Waals surface area contributed by atoms with Crippen LogP contribution >= 0.6 is 0 Å². The third-order valence-corrected chi connectivity index (χ3v) is 18.1. The third-order valence-electron chi connectivity index (χ3n) is 14.1. The van der Waals surface area contributed by atoms with E-state index in [1.807, 2.05) is 65.2 Å². The summed E-state index contributed by atoms with van der Waals surface area (Å²) in [5, 5.41) is -1.77. The van der Waals surface area contributed by atoms with Crippen LogP contribution < -0.4 is 30.1 Å². The number of rotatable bonds is 10. The number of hydrogen-bond acceptors (Lipinski definition) is 2. The molecule has 0 aliphatic heterocycles. The van der Waals surface area contributed by atoms with Gasteiger partial charge in [0.25, 0.3) is 6.33 Å².